The first-order valence-electron chi connectivity index (χ1n) is 9.50. The molecule has 2 unspecified atom stereocenters. The van der Waals surface area contributed by atoms with Gasteiger partial charge < -0.3 is 0 Å². The molecule has 0 amide bonds. The van der Waals surface area contributed by atoms with Crippen LogP contribution in [0, 0.1) is 23.7 Å². The zero-order valence-electron chi connectivity index (χ0n) is 16.2. The van der Waals surface area contributed by atoms with E-state index in [2.05, 4.69) is 88.1 Å². The van der Waals surface area contributed by atoms with Gasteiger partial charge in [0.05, 0.1) is 0 Å². The van der Waals surface area contributed by atoms with Crippen molar-refractivity contribution in [3.05, 3.63) is 60.8 Å². The minimum Gasteiger partial charge on any atom is -0.0951 e. The lowest BCUT2D eigenvalue weighted by Gasteiger charge is -1.99. The average molecular weight is 325 g/mol. The Morgan fingerprint density at radius 3 is 2.33 bits per heavy atom. The molecule has 132 valence electrons. The van der Waals surface area contributed by atoms with E-state index in [0.29, 0.717) is 11.8 Å². The highest BCUT2D eigenvalue weighted by Gasteiger charge is 1.91. The first-order valence-corrected chi connectivity index (χ1v) is 9.50. The van der Waals surface area contributed by atoms with Crippen LogP contribution in [-0.4, -0.2) is 0 Å². The number of rotatable bonds is 11. The van der Waals surface area contributed by atoms with Gasteiger partial charge in [0.2, 0.25) is 0 Å². The zero-order chi connectivity index (χ0) is 17.9. The Kier molecular flexibility index (Phi) is 16.3. The lowest BCUT2D eigenvalue weighted by atomic mass is 10.1. The Hall–Kier alpha value is -1.74. The molecule has 0 aromatic heterocycles. The van der Waals surface area contributed by atoms with Crippen molar-refractivity contribution < 1.29 is 0 Å². The summed E-state index contributed by atoms with van der Waals surface area (Å²) in [6, 6.07) is 0. The van der Waals surface area contributed by atoms with E-state index in [-0.39, 0.29) is 0 Å². The zero-order valence-corrected chi connectivity index (χ0v) is 16.2. The third-order valence-corrected chi connectivity index (χ3v) is 3.52. The summed E-state index contributed by atoms with van der Waals surface area (Å²) in [6.07, 6.45) is 28.5. The van der Waals surface area contributed by atoms with Gasteiger partial charge >= 0.3 is 0 Å². The second-order valence-electron chi connectivity index (χ2n) is 6.23. The van der Waals surface area contributed by atoms with Crippen molar-refractivity contribution in [2.75, 3.05) is 0 Å². The number of allylic oxidation sites excluding steroid dienone is 10. The molecule has 0 aliphatic heterocycles. The van der Waals surface area contributed by atoms with E-state index in [9.17, 15) is 0 Å². The SMILES string of the molecule is CC/C=C\CC(C)C#CC=CC=CC(C)C/C=C\C/C=C\CCC. The van der Waals surface area contributed by atoms with Crippen molar-refractivity contribution in [1.82, 2.24) is 0 Å². The standard InChI is InChI=1S/C24H36/c1-5-7-9-10-11-12-16-20-24(4)22-18-14-13-17-21-23(3)19-15-8-6-2/h8-10,12-16,18,22-24H,5-7,11,19-20H2,1-4H3/b10-9-,14-13?,15-8-,16-12-,22-18?. The van der Waals surface area contributed by atoms with Gasteiger partial charge in [0, 0.05) is 5.92 Å². The Balaban J connectivity index is 3.92. The fraction of sp³-hybridized carbons (Fsp3) is 0.500. The maximum Gasteiger partial charge on any atom is 0.0212 e. The molecular formula is C24H36. The van der Waals surface area contributed by atoms with Crippen LogP contribution in [-0.2, 0) is 0 Å². The lowest BCUT2D eigenvalue weighted by molar-refractivity contribution is 0.743. The van der Waals surface area contributed by atoms with Crippen LogP contribution in [0.4, 0.5) is 0 Å². The van der Waals surface area contributed by atoms with Gasteiger partial charge in [-0.05, 0) is 44.1 Å². The summed E-state index contributed by atoms with van der Waals surface area (Å²) in [5, 5.41) is 0. The molecule has 0 radical (unpaired) electrons. The lowest BCUT2D eigenvalue weighted by Crippen LogP contribution is -1.86. The third kappa shape index (κ3) is 16.6. The number of hydrogen-bond acceptors (Lipinski definition) is 0. The fourth-order valence-corrected chi connectivity index (χ4v) is 2.02. The predicted molar refractivity (Wildman–Crippen MR) is 111 cm³/mol. The topological polar surface area (TPSA) is 0 Å². The fourth-order valence-electron chi connectivity index (χ4n) is 2.02. The van der Waals surface area contributed by atoms with Crippen LogP contribution in [0.15, 0.2) is 60.8 Å². The molecule has 0 aliphatic rings. The highest BCUT2D eigenvalue weighted by atomic mass is 14.0. The van der Waals surface area contributed by atoms with Crippen LogP contribution in [0.5, 0.6) is 0 Å². The van der Waals surface area contributed by atoms with Crippen molar-refractivity contribution in [3.8, 4) is 11.8 Å². The highest BCUT2D eigenvalue weighted by Crippen LogP contribution is 2.05. The van der Waals surface area contributed by atoms with Crippen LogP contribution in [0.1, 0.15) is 66.2 Å². The van der Waals surface area contributed by atoms with Crippen molar-refractivity contribution in [2.24, 2.45) is 11.8 Å². The van der Waals surface area contributed by atoms with E-state index in [1.165, 1.54) is 12.8 Å². The largest absolute Gasteiger partial charge is 0.0951 e. The molecule has 0 heteroatoms. The van der Waals surface area contributed by atoms with Crippen molar-refractivity contribution in [1.29, 1.82) is 0 Å². The van der Waals surface area contributed by atoms with Crippen molar-refractivity contribution in [3.63, 3.8) is 0 Å². The summed E-state index contributed by atoms with van der Waals surface area (Å²) >= 11 is 0. The van der Waals surface area contributed by atoms with Gasteiger partial charge in [-0.3, -0.25) is 0 Å². The molecule has 0 saturated carbocycles. The molecule has 0 bridgehead atoms. The maximum atomic E-state index is 3.25. The highest BCUT2D eigenvalue weighted by molar-refractivity contribution is 5.21. The summed E-state index contributed by atoms with van der Waals surface area (Å²) in [6.45, 7) is 8.78. The predicted octanol–water partition coefficient (Wildman–Crippen LogP) is 7.42. The van der Waals surface area contributed by atoms with Crippen molar-refractivity contribution >= 4 is 0 Å². The maximum absolute atomic E-state index is 3.25. The van der Waals surface area contributed by atoms with Crippen molar-refractivity contribution in [2.45, 2.75) is 66.2 Å². The van der Waals surface area contributed by atoms with Gasteiger partial charge in [-0.25, -0.2) is 0 Å². The molecule has 0 N–H and O–H groups in total. The van der Waals surface area contributed by atoms with Gasteiger partial charge in [-0.15, -0.1) is 0 Å². The Labute approximate surface area is 151 Å². The van der Waals surface area contributed by atoms with Crippen LogP contribution in [0.25, 0.3) is 0 Å². The molecule has 0 nitrogen and oxygen atoms in total. The van der Waals surface area contributed by atoms with Gasteiger partial charge in [0.1, 0.15) is 0 Å². The van der Waals surface area contributed by atoms with Crippen LogP contribution in [0.3, 0.4) is 0 Å². The smallest absolute Gasteiger partial charge is 0.0212 e. The van der Waals surface area contributed by atoms with E-state index < -0.39 is 0 Å². The molecule has 0 rings (SSSR count). The van der Waals surface area contributed by atoms with Gasteiger partial charge in [-0.1, -0.05) is 101 Å². The van der Waals surface area contributed by atoms with Gasteiger partial charge in [-0.2, -0.15) is 0 Å². The number of unbranched alkanes of at least 4 members (excludes halogenated alkanes) is 1. The number of hydrogen-bond donors (Lipinski definition) is 0. The summed E-state index contributed by atoms with van der Waals surface area (Å²) in [5.41, 5.74) is 0. The first kappa shape index (κ1) is 22.3. The average Bonchev–Trinajstić information content (AvgIpc) is 2.57. The van der Waals surface area contributed by atoms with Crippen LogP contribution >= 0.6 is 0 Å². The summed E-state index contributed by atoms with van der Waals surface area (Å²) in [5.74, 6) is 7.37. The molecule has 0 aliphatic carbocycles. The molecule has 24 heavy (non-hydrogen) atoms. The second-order valence-corrected chi connectivity index (χ2v) is 6.23. The third-order valence-electron chi connectivity index (χ3n) is 3.52. The summed E-state index contributed by atoms with van der Waals surface area (Å²) in [4.78, 5) is 0. The van der Waals surface area contributed by atoms with Crippen LogP contribution in [0.2, 0.25) is 0 Å². The van der Waals surface area contributed by atoms with E-state index >= 15 is 0 Å². The minimum atomic E-state index is 0.428. The molecule has 0 fully saturated rings. The quantitative estimate of drug-likeness (QED) is 0.211. The minimum absolute atomic E-state index is 0.428. The van der Waals surface area contributed by atoms with E-state index in [1.807, 2.05) is 12.2 Å². The van der Waals surface area contributed by atoms with E-state index in [1.54, 1.807) is 0 Å². The van der Waals surface area contributed by atoms with Crippen LogP contribution < -0.4 is 0 Å². The molecule has 0 spiro atoms. The summed E-state index contributed by atoms with van der Waals surface area (Å²) < 4.78 is 0. The summed E-state index contributed by atoms with van der Waals surface area (Å²) in [7, 11) is 0. The molecule has 2 atom stereocenters. The first-order chi connectivity index (χ1) is 11.7. The van der Waals surface area contributed by atoms with Gasteiger partial charge in [0.15, 0.2) is 0 Å². The molecular weight excluding hydrogens is 288 g/mol. The normalized spacial score (nSPS) is 15.0. The van der Waals surface area contributed by atoms with E-state index in [4.69, 9.17) is 0 Å². The van der Waals surface area contributed by atoms with E-state index in [0.717, 1.165) is 25.7 Å². The van der Waals surface area contributed by atoms with Gasteiger partial charge in [0.25, 0.3) is 0 Å². The Morgan fingerprint density at radius 1 is 0.833 bits per heavy atom. The molecule has 0 aromatic rings. The Morgan fingerprint density at radius 2 is 1.58 bits per heavy atom. The second kappa shape index (κ2) is 17.6. The monoisotopic (exact) mass is 324 g/mol. The molecule has 0 aromatic carbocycles. The Bertz CT molecular complexity index is 474. The molecule has 0 heterocycles. The molecule has 0 saturated heterocycles.